The number of pyridine rings is 1. The van der Waals surface area contributed by atoms with E-state index in [1.54, 1.807) is 0 Å². The Balaban J connectivity index is 1.59. The first kappa shape index (κ1) is 21.5. The normalized spacial score (nSPS) is 15.8. The summed E-state index contributed by atoms with van der Waals surface area (Å²) in [4.78, 5) is 4.33. The molecule has 1 aromatic carbocycles. The van der Waals surface area contributed by atoms with Gasteiger partial charge in [-0.25, -0.2) is 13.4 Å². The van der Waals surface area contributed by atoms with Crippen LogP contribution in [0.25, 0.3) is 10.9 Å². The predicted molar refractivity (Wildman–Crippen MR) is 120 cm³/mol. The first-order chi connectivity index (χ1) is 15.0. The molecule has 0 spiro atoms. The van der Waals surface area contributed by atoms with E-state index in [0.29, 0.717) is 25.3 Å². The van der Waals surface area contributed by atoms with E-state index in [-0.39, 0.29) is 16.6 Å². The number of fused-ring (bicyclic) bond motifs is 1. The third kappa shape index (κ3) is 4.33. The Morgan fingerprint density at radius 1 is 1.06 bits per heavy atom. The van der Waals surface area contributed by atoms with Crippen LogP contribution in [0.15, 0.2) is 57.7 Å². The van der Waals surface area contributed by atoms with E-state index in [1.165, 1.54) is 22.6 Å². The molecule has 9 heteroatoms. The maximum Gasteiger partial charge on any atom is 0.244 e. The number of piperidine rings is 1. The minimum absolute atomic E-state index is 0.0719. The van der Waals surface area contributed by atoms with Gasteiger partial charge in [-0.15, -0.1) is 10.2 Å². The summed E-state index contributed by atoms with van der Waals surface area (Å²) in [6.07, 6.45) is 6.10. The van der Waals surface area contributed by atoms with Crippen LogP contribution >= 0.6 is 0 Å². The fraction of sp³-hybridized carbons (Fsp3) is 0.409. The number of azo groups is 1. The number of aryl methyl sites for hydroxylation is 1. The Kier molecular flexibility index (Phi) is 6.33. The molecule has 0 aliphatic carbocycles. The molecule has 3 heterocycles. The number of nitrogens with zero attached hydrogens (tertiary/aromatic N) is 5. The number of hydrogen-bond donors (Lipinski definition) is 1. The number of unbranched alkanes of at least 4 members (excludes halogenated alkanes) is 1. The highest BCUT2D eigenvalue weighted by Crippen LogP contribution is 2.39. The van der Waals surface area contributed by atoms with Gasteiger partial charge in [0.05, 0.1) is 5.52 Å². The Hall–Kier alpha value is -2.78. The fourth-order valence-corrected chi connectivity index (χ4v) is 5.32. The Labute approximate surface area is 182 Å². The Morgan fingerprint density at radius 2 is 1.84 bits per heavy atom. The lowest BCUT2D eigenvalue weighted by Gasteiger charge is -2.25. The van der Waals surface area contributed by atoms with Crippen LogP contribution in [0.1, 0.15) is 39.0 Å². The molecule has 0 amide bonds. The lowest BCUT2D eigenvalue weighted by atomic mass is 10.2. The second kappa shape index (κ2) is 9.15. The highest BCUT2D eigenvalue weighted by atomic mass is 32.2. The quantitative estimate of drug-likeness (QED) is 0.514. The molecule has 0 radical (unpaired) electrons. The van der Waals surface area contributed by atoms with Crippen molar-refractivity contribution in [1.29, 1.82) is 0 Å². The van der Waals surface area contributed by atoms with Gasteiger partial charge in [0.25, 0.3) is 0 Å². The average Bonchev–Trinajstić information content (AvgIpc) is 3.07. The summed E-state index contributed by atoms with van der Waals surface area (Å²) >= 11 is 0. The first-order valence-electron chi connectivity index (χ1n) is 10.7. The zero-order valence-corrected chi connectivity index (χ0v) is 18.4. The molecule has 8 nitrogen and oxygen atoms in total. The molecule has 0 atom stereocenters. The molecule has 0 saturated carbocycles. The molecule has 0 unspecified atom stereocenters. The third-order valence-corrected chi connectivity index (χ3v) is 7.46. The standard InChI is InChI=1S/C22H27N5O3S/c1-2-3-15-27-19-10-6-5-9-18(19)21(22(27)28)25-24-20-12-11-17(16-23-20)31(29,30)26-13-7-4-8-14-26/h5-6,9-12,16,28H,2-4,7-8,13-15H2,1H3. The highest BCUT2D eigenvalue weighted by Gasteiger charge is 2.26. The third-order valence-electron chi connectivity index (χ3n) is 5.58. The molecule has 1 N–H and O–H groups in total. The minimum Gasteiger partial charge on any atom is -0.493 e. The second-order valence-corrected chi connectivity index (χ2v) is 9.65. The van der Waals surface area contributed by atoms with Gasteiger partial charge < -0.3 is 9.67 Å². The van der Waals surface area contributed by atoms with Crippen molar-refractivity contribution in [3.8, 4) is 5.88 Å². The van der Waals surface area contributed by atoms with Gasteiger partial charge in [-0.3, -0.25) is 0 Å². The largest absolute Gasteiger partial charge is 0.493 e. The van der Waals surface area contributed by atoms with E-state index in [2.05, 4.69) is 22.1 Å². The minimum atomic E-state index is -3.53. The number of hydrogen-bond acceptors (Lipinski definition) is 6. The van der Waals surface area contributed by atoms with Gasteiger partial charge in [-0.05, 0) is 37.5 Å². The van der Waals surface area contributed by atoms with Crippen LogP contribution in [0.5, 0.6) is 5.88 Å². The molecule has 1 saturated heterocycles. The SMILES string of the molecule is CCCCn1c(O)c(N=Nc2ccc(S(=O)(=O)N3CCCCC3)cn2)c2ccccc21. The molecule has 4 rings (SSSR count). The first-order valence-corrected chi connectivity index (χ1v) is 12.1. The molecule has 0 bridgehead atoms. The van der Waals surface area contributed by atoms with Crippen LogP contribution in [0, 0.1) is 0 Å². The molecule has 164 valence electrons. The Bertz CT molecular complexity index is 1180. The van der Waals surface area contributed by atoms with Gasteiger partial charge in [0, 0.05) is 31.2 Å². The molecule has 1 aliphatic heterocycles. The number of rotatable bonds is 7. The number of benzene rings is 1. The topological polar surface area (TPSA) is 100 Å². The van der Waals surface area contributed by atoms with Crippen molar-refractivity contribution < 1.29 is 13.5 Å². The monoisotopic (exact) mass is 441 g/mol. The summed E-state index contributed by atoms with van der Waals surface area (Å²) in [5.41, 5.74) is 1.29. The van der Waals surface area contributed by atoms with Crippen LogP contribution in [-0.2, 0) is 16.6 Å². The highest BCUT2D eigenvalue weighted by molar-refractivity contribution is 7.89. The summed E-state index contributed by atoms with van der Waals surface area (Å²) in [5, 5.41) is 19.9. The van der Waals surface area contributed by atoms with Crippen molar-refractivity contribution in [2.45, 2.75) is 50.5 Å². The molecular weight excluding hydrogens is 414 g/mol. The van der Waals surface area contributed by atoms with E-state index < -0.39 is 10.0 Å². The zero-order valence-electron chi connectivity index (χ0n) is 17.6. The summed E-state index contributed by atoms with van der Waals surface area (Å²) in [5.74, 6) is 0.352. The number of sulfonamides is 1. The van der Waals surface area contributed by atoms with Gasteiger partial charge in [0.1, 0.15) is 4.90 Å². The van der Waals surface area contributed by atoms with Gasteiger partial charge in [0.2, 0.25) is 15.9 Å². The van der Waals surface area contributed by atoms with Crippen molar-refractivity contribution in [3.05, 3.63) is 42.6 Å². The van der Waals surface area contributed by atoms with Gasteiger partial charge in [-0.1, -0.05) is 38.0 Å². The van der Waals surface area contributed by atoms with Gasteiger partial charge in [0.15, 0.2) is 11.5 Å². The van der Waals surface area contributed by atoms with Crippen molar-refractivity contribution in [1.82, 2.24) is 13.9 Å². The van der Waals surface area contributed by atoms with Crippen LogP contribution < -0.4 is 0 Å². The van der Waals surface area contributed by atoms with Crippen LogP contribution in [0.4, 0.5) is 11.5 Å². The van der Waals surface area contributed by atoms with E-state index in [0.717, 1.165) is 43.0 Å². The van der Waals surface area contributed by atoms with E-state index in [9.17, 15) is 13.5 Å². The fourth-order valence-electron chi connectivity index (χ4n) is 3.85. The average molecular weight is 442 g/mol. The molecule has 31 heavy (non-hydrogen) atoms. The number of para-hydroxylation sites is 1. The number of aromatic nitrogens is 2. The lowest BCUT2D eigenvalue weighted by Crippen LogP contribution is -2.35. The maximum atomic E-state index is 12.8. The molecular formula is C22H27N5O3S. The van der Waals surface area contributed by atoms with Crippen LogP contribution in [0.2, 0.25) is 0 Å². The lowest BCUT2D eigenvalue weighted by molar-refractivity contribution is 0.346. The van der Waals surface area contributed by atoms with Crippen LogP contribution in [0.3, 0.4) is 0 Å². The molecule has 1 aliphatic rings. The van der Waals surface area contributed by atoms with E-state index in [4.69, 9.17) is 0 Å². The Morgan fingerprint density at radius 3 is 2.55 bits per heavy atom. The molecule has 1 fully saturated rings. The summed E-state index contributed by atoms with van der Waals surface area (Å²) in [6, 6.07) is 10.7. The summed E-state index contributed by atoms with van der Waals surface area (Å²) < 4.78 is 28.9. The molecule has 2 aromatic heterocycles. The smallest absolute Gasteiger partial charge is 0.244 e. The maximum absolute atomic E-state index is 12.8. The van der Waals surface area contributed by atoms with Crippen molar-refractivity contribution in [3.63, 3.8) is 0 Å². The van der Waals surface area contributed by atoms with E-state index >= 15 is 0 Å². The zero-order chi connectivity index (χ0) is 21.8. The van der Waals surface area contributed by atoms with Gasteiger partial charge in [-0.2, -0.15) is 4.31 Å². The summed E-state index contributed by atoms with van der Waals surface area (Å²) in [6.45, 7) is 3.89. The second-order valence-electron chi connectivity index (χ2n) is 7.71. The number of aromatic hydroxyl groups is 1. The van der Waals surface area contributed by atoms with Gasteiger partial charge >= 0.3 is 0 Å². The van der Waals surface area contributed by atoms with Crippen molar-refractivity contribution in [2.75, 3.05) is 13.1 Å². The molecule has 3 aromatic rings. The van der Waals surface area contributed by atoms with E-state index in [1.807, 2.05) is 28.8 Å². The van der Waals surface area contributed by atoms with Crippen molar-refractivity contribution >= 4 is 32.4 Å². The van der Waals surface area contributed by atoms with Crippen molar-refractivity contribution in [2.24, 2.45) is 10.2 Å². The summed E-state index contributed by atoms with van der Waals surface area (Å²) in [7, 11) is -3.53. The van der Waals surface area contributed by atoms with Crippen LogP contribution in [-0.4, -0.2) is 40.5 Å². The predicted octanol–water partition coefficient (Wildman–Crippen LogP) is 5.13.